The largest absolute Gasteiger partial charge is 0.294 e. The van der Waals surface area contributed by atoms with Crippen LogP contribution in [-0.4, -0.2) is 5.78 Å². The minimum Gasteiger partial charge on any atom is -0.294 e. The Morgan fingerprint density at radius 2 is 2.12 bits per heavy atom. The molecular formula is C15H20O. The molecule has 0 bridgehead atoms. The molecule has 1 aliphatic rings. The molecule has 1 aromatic carbocycles. The summed E-state index contributed by atoms with van der Waals surface area (Å²) in [7, 11) is 0. The molecule has 0 spiro atoms. The summed E-state index contributed by atoms with van der Waals surface area (Å²) >= 11 is 0. The fraction of sp³-hybridized carbons (Fsp3) is 0.533. The lowest BCUT2D eigenvalue weighted by molar-refractivity contribution is 0.0987. The molecule has 1 aromatic rings. The first-order chi connectivity index (χ1) is 7.61. The first-order valence-corrected chi connectivity index (χ1v) is 6.27. The van der Waals surface area contributed by atoms with Crippen molar-refractivity contribution in [1.29, 1.82) is 0 Å². The van der Waals surface area contributed by atoms with E-state index in [1.807, 2.05) is 0 Å². The van der Waals surface area contributed by atoms with Gasteiger partial charge in [-0.1, -0.05) is 32.9 Å². The van der Waals surface area contributed by atoms with E-state index >= 15 is 0 Å². The van der Waals surface area contributed by atoms with Crippen LogP contribution in [0.25, 0.3) is 0 Å². The summed E-state index contributed by atoms with van der Waals surface area (Å²) in [5.41, 5.74) is 3.55. The van der Waals surface area contributed by atoms with E-state index in [1.54, 1.807) is 0 Å². The first kappa shape index (κ1) is 11.4. The minimum atomic E-state index is 0.343. The zero-order chi connectivity index (χ0) is 11.7. The normalized spacial score (nSPS) is 19.2. The summed E-state index contributed by atoms with van der Waals surface area (Å²) in [5.74, 6) is 1.47. The number of hydrogen-bond acceptors (Lipinski definition) is 1. The SMILES string of the molecule is CCc1ccc2c(c1)C(=O)CC2CC(C)C. The third-order valence-electron chi connectivity index (χ3n) is 3.45. The lowest BCUT2D eigenvalue weighted by Crippen LogP contribution is -1.99. The van der Waals surface area contributed by atoms with Crippen molar-refractivity contribution < 1.29 is 4.79 Å². The predicted molar refractivity (Wildman–Crippen MR) is 67.0 cm³/mol. The summed E-state index contributed by atoms with van der Waals surface area (Å²) < 4.78 is 0. The van der Waals surface area contributed by atoms with Crippen LogP contribution >= 0.6 is 0 Å². The second-order valence-electron chi connectivity index (χ2n) is 5.23. The van der Waals surface area contributed by atoms with Gasteiger partial charge in [-0.05, 0) is 41.9 Å². The maximum absolute atomic E-state index is 11.9. The topological polar surface area (TPSA) is 17.1 Å². The van der Waals surface area contributed by atoms with Gasteiger partial charge in [0.2, 0.25) is 0 Å². The zero-order valence-corrected chi connectivity index (χ0v) is 10.4. The van der Waals surface area contributed by atoms with E-state index in [9.17, 15) is 4.79 Å². The van der Waals surface area contributed by atoms with E-state index in [2.05, 4.69) is 39.0 Å². The van der Waals surface area contributed by atoms with Gasteiger partial charge in [0.1, 0.15) is 0 Å². The highest BCUT2D eigenvalue weighted by Gasteiger charge is 2.29. The molecule has 0 heterocycles. The molecule has 0 aromatic heterocycles. The number of aryl methyl sites for hydroxylation is 1. The summed E-state index contributed by atoms with van der Waals surface area (Å²) in [6.45, 7) is 6.58. The van der Waals surface area contributed by atoms with Crippen molar-refractivity contribution in [2.45, 2.75) is 46.0 Å². The van der Waals surface area contributed by atoms with Crippen LogP contribution in [0.5, 0.6) is 0 Å². The molecular weight excluding hydrogens is 196 g/mol. The smallest absolute Gasteiger partial charge is 0.163 e. The summed E-state index contributed by atoms with van der Waals surface area (Å²) in [6.07, 6.45) is 2.86. The summed E-state index contributed by atoms with van der Waals surface area (Å²) in [4.78, 5) is 11.9. The van der Waals surface area contributed by atoms with Gasteiger partial charge >= 0.3 is 0 Å². The molecule has 1 unspecified atom stereocenters. The van der Waals surface area contributed by atoms with Crippen molar-refractivity contribution in [3.8, 4) is 0 Å². The molecule has 2 rings (SSSR count). The van der Waals surface area contributed by atoms with Crippen LogP contribution in [0.3, 0.4) is 0 Å². The second-order valence-corrected chi connectivity index (χ2v) is 5.23. The van der Waals surface area contributed by atoms with Gasteiger partial charge in [-0.3, -0.25) is 4.79 Å². The fourth-order valence-corrected chi connectivity index (χ4v) is 2.64. The molecule has 0 saturated heterocycles. The van der Waals surface area contributed by atoms with E-state index in [4.69, 9.17) is 0 Å². The third-order valence-corrected chi connectivity index (χ3v) is 3.45. The van der Waals surface area contributed by atoms with Gasteiger partial charge in [-0.15, -0.1) is 0 Å². The lowest BCUT2D eigenvalue weighted by atomic mass is 9.91. The molecule has 0 saturated carbocycles. The highest BCUT2D eigenvalue weighted by molar-refractivity contribution is 6.01. The fourth-order valence-electron chi connectivity index (χ4n) is 2.64. The standard InChI is InChI=1S/C15H20O/c1-4-11-5-6-13-12(7-10(2)3)9-15(16)14(13)8-11/h5-6,8,10,12H,4,7,9H2,1-3H3. The van der Waals surface area contributed by atoms with E-state index in [-0.39, 0.29) is 0 Å². The average molecular weight is 216 g/mol. The highest BCUT2D eigenvalue weighted by atomic mass is 16.1. The molecule has 0 N–H and O–H groups in total. The van der Waals surface area contributed by atoms with Crippen molar-refractivity contribution in [3.05, 3.63) is 34.9 Å². The van der Waals surface area contributed by atoms with Crippen molar-refractivity contribution in [3.63, 3.8) is 0 Å². The van der Waals surface area contributed by atoms with E-state index in [0.29, 0.717) is 17.6 Å². The van der Waals surface area contributed by atoms with Gasteiger partial charge in [0.15, 0.2) is 5.78 Å². The van der Waals surface area contributed by atoms with Gasteiger partial charge in [0.25, 0.3) is 0 Å². The number of carbonyl (C=O) groups is 1. The molecule has 0 radical (unpaired) electrons. The van der Waals surface area contributed by atoms with Crippen molar-refractivity contribution in [1.82, 2.24) is 0 Å². The van der Waals surface area contributed by atoms with Gasteiger partial charge in [0.05, 0.1) is 0 Å². The molecule has 1 aliphatic carbocycles. The summed E-state index contributed by atoms with van der Waals surface area (Å²) in [6, 6.07) is 6.44. The van der Waals surface area contributed by atoms with Crippen LogP contribution < -0.4 is 0 Å². The molecule has 0 aliphatic heterocycles. The number of benzene rings is 1. The minimum absolute atomic E-state index is 0.343. The van der Waals surface area contributed by atoms with E-state index in [0.717, 1.165) is 24.8 Å². The number of Topliss-reactive ketones (excluding diaryl/α,β-unsaturated/α-hetero) is 1. The Bertz CT molecular complexity index is 404. The van der Waals surface area contributed by atoms with Crippen molar-refractivity contribution >= 4 is 5.78 Å². The van der Waals surface area contributed by atoms with Crippen LogP contribution in [-0.2, 0) is 6.42 Å². The van der Waals surface area contributed by atoms with Crippen LogP contribution in [0.4, 0.5) is 0 Å². The van der Waals surface area contributed by atoms with Crippen LogP contribution in [0, 0.1) is 5.92 Å². The molecule has 0 amide bonds. The first-order valence-electron chi connectivity index (χ1n) is 6.27. The number of carbonyl (C=O) groups excluding carboxylic acids is 1. The Balaban J connectivity index is 2.32. The van der Waals surface area contributed by atoms with Crippen molar-refractivity contribution in [2.75, 3.05) is 0 Å². The van der Waals surface area contributed by atoms with Gasteiger partial charge in [0, 0.05) is 12.0 Å². The maximum atomic E-state index is 11.9. The van der Waals surface area contributed by atoms with Crippen LogP contribution in [0.2, 0.25) is 0 Å². The van der Waals surface area contributed by atoms with Crippen LogP contribution in [0.15, 0.2) is 18.2 Å². The summed E-state index contributed by atoms with van der Waals surface area (Å²) in [5, 5.41) is 0. The number of hydrogen-bond donors (Lipinski definition) is 0. The van der Waals surface area contributed by atoms with Gasteiger partial charge in [-0.25, -0.2) is 0 Å². The second kappa shape index (κ2) is 4.40. The quantitative estimate of drug-likeness (QED) is 0.747. The highest BCUT2D eigenvalue weighted by Crippen LogP contribution is 2.37. The van der Waals surface area contributed by atoms with E-state index in [1.165, 1.54) is 11.1 Å². The molecule has 1 heteroatoms. The van der Waals surface area contributed by atoms with Crippen LogP contribution in [0.1, 0.15) is 61.0 Å². The lowest BCUT2D eigenvalue weighted by Gasteiger charge is -2.13. The molecule has 16 heavy (non-hydrogen) atoms. The number of rotatable bonds is 3. The van der Waals surface area contributed by atoms with Gasteiger partial charge < -0.3 is 0 Å². The Morgan fingerprint density at radius 1 is 1.38 bits per heavy atom. The van der Waals surface area contributed by atoms with E-state index < -0.39 is 0 Å². The molecule has 1 nitrogen and oxygen atoms in total. The Hall–Kier alpha value is -1.11. The van der Waals surface area contributed by atoms with Gasteiger partial charge in [-0.2, -0.15) is 0 Å². The van der Waals surface area contributed by atoms with Crippen molar-refractivity contribution in [2.24, 2.45) is 5.92 Å². The Morgan fingerprint density at radius 3 is 2.75 bits per heavy atom. The number of fused-ring (bicyclic) bond motifs is 1. The number of ketones is 1. The monoisotopic (exact) mass is 216 g/mol. The molecule has 0 fully saturated rings. The predicted octanol–water partition coefficient (Wildman–Crippen LogP) is 3.97. The third kappa shape index (κ3) is 2.04. The molecule has 1 atom stereocenters. The zero-order valence-electron chi connectivity index (χ0n) is 10.4. The maximum Gasteiger partial charge on any atom is 0.163 e. The molecule has 86 valence electrons. The Kier molecular flexibility index (Phi) is 3.13. The average Bonchev–Trinajstić information content (AvgIpc) is 2.54. The Labute approximate surface area is 97.9 Å².